The molecule has 6 bridgehead atoms. The largest absolute Gasteiger partial charge is 3.00 e. The van der Waals surface area contributed by atoms with Crippen molar-refractivity contribution in [1.82, 2.24) is 15.0 Å². The second-order valence-corrected chi connectivity index (χ2v) is 14.5. The second-order valence-electron chi connectivity index (χ2n) is 14.5. The summed E-state index contributed by atoms with van der Waals surface area (Å²) in [6.07, 6.45) is 0. The normalized spacial score (nSPS) is 15.6. The fourth-order valence-corrected chi connectivity index (χ4v) is 8.17. The summed E-state index contributed by atoms with van der Waals surface area (Å²) < 4.78 is 0. The van der Waals surface area contributed by atoms with E-state index in [-0.39, 0.29) is 37.9 Å². The first-order chi connectivity index (χ1) is 28.2. The SMILES string of the molecule is [Ir+3].[c-]1ccc(-c2ccccc2)cc1C1c2cccc(n2)C(c2[c-]ccc(-c3ccccc3)c2)c2cccc(n2)C(c2[c-]ccc(-c3ccccc3)c2)c2cccc1n2. The summed E-state index contributed by atoms with van der Waals surface area (Å²) >= 11 is 0. The maximum Gasteiger partial charge on any atom is 3.00 e. The molecule has 3 nitrogen and oxygen atoms in total. The van der Waals surface area contributed by atoms with Crippen molar-refractivity contribution >= 4 is 0 Å². The van der Waals surface area contributed by atoms with Crippen LogP contribution in [0.4, 0.5) is 0 Å². The van der Waals surface area contributed by atoms with Gasteiger partial charge in [0.1, 0.15) is 0 Å². The Morgan fingerprint density at radius 1 is 0.276 bits per heavy atom. The number of aromatic nitrogens is 3. The molecule has 3 aromatic heterocycles. The predicted molar refractivity (Wildman–Crippen MR) is 228 cm³/mol. The molecule has 1 aliphatic heterocycles. The molecule has 0 atom stereocenters. The van der Waals surface area contributed by atoms with Gasteiger partial charge in [-0.05, 0) is 53.1 Å². The van der Waals surface area contributed by atoms with Crippen LogP contribution in [0.1, 0.15) is 68.6 Å². The van der Waals surface area contributed by atoms with Crippen LogP contribution < -0.4 is 0 Å². The topological polar surface area (TPSA) is 38.7 Å². The Kier molecular flexibility index (Phi) is 10.5. The third kappa shape index (κ3) is 7.37. The standard InChI is InChI=1S/C54H36N3.Ir/c1-4-16-37(17-5-1)40-22-10-25-43(34-40)52-46-28-13-30-48(55-46)53(44-26-11-23-41(35-44)38-18-6-2-7-19-38)50-32-15-33-51(57-50)54(49-31-14-29-47(52)56-49)45-27-12-24-42(36-45)39-20-8-3-9-21-39;/h1-24,28-36,52-54H;/q-3;+3. The molecule has 6 aromatic carbocycles. The van der Waals surface area contributed by atoms with Crippen LogP contribution in [0.15, 0.2) is 200 Å². The van der Waals surface area contributed by atoms with E-state index in [0.717, 1.165) is 84.2 Å². The summed E-state index contributed by atoms with van der Waals surface area (Å²) in [6, 6.07) is 80.6. The molecule has 0 saturated carbocycles. The van der Waals surface area contributed by atoms with Crippen molar-refractivity contribution in [3.05, 3.63) is 269 Å². The first-order valence-electron chi connectivity index (χ1n) is 19.4. The molecule has 58 heavy (non-hydrogen) atoms. The maximum absolute atomic E-state index is 5.53. The molecule has 0 unspecified atom stereocenters. The van der Waals surface area contributed by atoms with E-state index < -0.39 is 0 Å². The average molecular weight is 919 g/mol. The molecule has 0 fully saturated rings. The summed E-state index contributed by atoms with van der Waals surface area (Å²) in [5, 5.41) is 0. The van der Waals surface area contributed by atoms with Gasteiger partial charge < -0.3 is 0 Å². The van der Waals surface area contributed by atoms with Gasteiger partial charge in [-0.2, -0.15) is 72.8 Å². The van der Waals surface area contributed by atoms with Crippen LogP contribution in [0.3, 0.4) is 0 Å². The number of nitrogens with zero attached hydrogens (tertiary/aromatic N) is 3. The molecule has 0 spiro atoms. The van der Waals surface area contributed by atoms with Gasteiger partial charge in [0.2, 0.25) is 0 Å². The van der Waals surface area contributed by atoms with Gasteiger partial charge in [0.05, 0.1) is 34.2 Å². The average Bonchev–Trinajstić information content (AvgIpc) is 3.28. The molecule has 0 radical (unpaired) electrons. The van der Waals surface area contributed by atoms with E-state index in [9.17, 15) is 0 Å². The first-order valence-corrected chi connectivity index (χ1v) is 19.4. The summed E-state index contributed by atoms with van der Waals surface area (Å²) in [4.78, 5) is 16.6. The maximum atomic E-state index is 5.53. The quantitative estimate of drug-likeness (QED) is 0.156. The molecule has 0 aliphatic carbocycles. The van der Waals surface area contributed by atoms with Crippen LogP contribution >= 0.6 is 0 Å². The molecule has 0 amide bonds. The van der Waals surface area contributed by atoms with Crippen LogP contribution in [0, 0.1) is 18.2 Å². The van der Waals surface area contributed by atoms with Crippen LogP contribution in [0.2, 0.25) is 0 Å². The van der Waals surface area contributed by atoms with E-state index in [0.29, 0.717) is 0 Å². The molecule has 10 rings (SSSR count). The Hall–Kier alpha value is -6.58. The van der Waals surface area contributed by atoms with Gasteiger partial charge in [0, 0.05) is 17.8 Å². The fourth-order valence-electron chi connectivity index (χ4n) is 8.17. The number of fused-ring (bicyclic) bond motifs is 6. The van der Waals surface area contributed by atoms with Gasteiger partial charge in [-0.1, -0.05) is 109 Å². The Labute approximate surface area is 353 Å². The van der Waals surface area contributed by atoms with E-state index in [1.807, 2.05) is 36.4 Å². The Morgan fingerprint density at radius 3 is 0.793 bits per heavy atom. The molecule has 9 aromatic rings. The van der Waals surface area contributed by atoms with Gasteiger partial charge in [-0.25, -0.2) is 0 Å². The second kappa shape index (κ2) is 16.5. The number of benzene rings is 6. The van der Waals surface area contributed by atoms with Gasteiger partial charge in [-0.3, -0.25) is 15.0 Å². The molecule has 1 aliphatic rings. The predicted octanol–water partition coefficient (Wildman–Crippen LogP) is 12.1. The zero-order valence-electron chi connectivity index (χ0n) is 31.5. The van der Waals surface area contributed by atoms with E-state index in [4.69, 9.17) is 15.0 Å². The molecule has 0 saturated heterocycles. The van der Waals surface area contributed by atoms with Crippen molar-refractivity contribution in [3.8, 4) is 33.4 Å². The minimum Gasteiger partial charge on any atom is -0.256 e. The number of hydrogen-bond acceptors (Lipinski definition) is 3. The minimum atomic E-state index is -0.292. The summed E-state index contributed by atoms with van der Waals surface area (Å²) in [5.41, 5.74) is 15.2. The van der Waals surface area contributed by atoms with Gasteiger partial charge in [-0.15, -0.1) is 33.4 Å². The monoisotopic (exact) mass is 919 g/mol. The number of hydrogen-bond donors (Lipinski definition) is 0. The van der Waals surface area contributed by atoms with Crippen LogP contribution in [-0.4, -0.2) is 15.0 Å². The summed E-state index contributed by atoms with van der Waals surface area (Å²) in [6.45, 7) is 0. The van der Waals surface area contributed by atoms with E-state index in [1.54, 1.807) is 0 Å². The van der Waals surface area contributed by atoms with Gasteiger partial charge in [0.15, 0.2) is 0 Å². The molecule has 4 heteroatoms. The summed E-state index contributed by atoms with van der Waals surface area (Å²) in [7, 11) is 0. The molecule has 0 N–H and O–H groups in total. The Morgan fingerprint density at radius 2 is 0.534 bits per heavy atom. The van der Waals surface area contributed by atoms with Crippen molar-refractivity contribution in [2.24, 2.45) is 0 Å². The smallest absolute Gasteiger partial charge is 0.256 e. The van der Waals surface area contributed by atoms with Gasteiger partial charge in [0.25, 0.3) is 0 Å². The van der Waals surface area contributed by atoms with Crippen molar-refractivity contribution < 1.29 is 20.1 Å². The van der Waals surface area contributed by atoms with E-state index in [2.05, 4.69) is 182 Å². The first kappa shape index (κ1) is 37.0. The third-order valence-corrected chi connectivity index (χ3v) is 10.9. The minimum absolute atomic E-state index is 0. The van der Waals surface area contributed by atoms with Crippen molar-refractivity contribution in [1.29, 1.82) is 0 Å². The Bertz CT molecular complexity index is 2450. The molecule has 4 heterocycles. The number of rotatable bonds is 6. The molecular formula is C54H36IrN3. The van der Waals surface area contributed by atoms with Crippen molar-refractivity contribution in [3.63, 3.8) is 0 Å². The van der Waals surface area contributed by atoms with Crippen LogP contribution in [0.25, 0.3) is 33.4 Å². The summed E-state index contributed by atoms with van der Waals surface area (Å²) in [5.74, 6) is -0.875. The van der Waals surface area contributed by atoms with Crippen molar-refractivity contribution in [2.75, 3.05) is 0 Å². The van der Waals surface area contributed by atoms with Crippen LogP contribution in [0.5, 0.6) is 0 Å². The van der Waals surface area contributed by atoms with Gasteiger partial charge >= 0.3 is 20.1 Å². The third-order valence-electron chi connectivity index (χ3n) is 10.9. The zero-order chi connectivity index (χ0) is 38.0. The van der Waals surface area contributed by atoms with Crippen LogP contribution in [-0.2, 0) is 20.1 Å². The zero-order valence-corrected chi connectivity index (χ0v) is 33.9. The van der Waals surface area contributed by atoms with E-state index in [1.165, 1.54) is 0 Å². The fraction of sp³-hybridized carbons (Fsp3) is 0.0556. The van der Waals surface area contributed by atoms with E-state index >= 15 is 0 Å². The number of pyridine rings is 3. The molecule has 276 valence electrons. The Balaban J connectivity index is 0.00000436. The van der Waals surface area contributed by atoms with Crippen molar-refractivity contribution in [2.45, 2.75) is 17.8 Å². The molecular weight excluding hydrogens is 883 g/mol.